The van der Waals surface area contributed by atoms with Crippen LogP contribution in [-0.2, 0) is 6.54 Å². The van der Waals surface area contributed by atoms with Gasteiger partial charge in [-0.05, 0) is 42.0 Å². The van der Waals surface area contributed by atoms with Crippen LogP contribution in [0.2, 0.25) is 5.02 Å². The first kappa shape index (κ1) is 17.9. The summed E-state index contributed by atoms with van der Waals surface area (Å²) < 4.78 is 4.25. The van der Waals surface area contributed by atoms with Gasteiger partial charge in [-0.2, -0.15) is 0 Å². The summed E-state index contributed by atoms with van der Waals surface area (Å²) in [5.74, 6) is 1.50. The number of rotatable bonds is 1. The van der Waals surface area contributed by atoms with E-state index in [4.69, 9.17) is 16.6 Å². The maximum absolute atomic E-state index is 6.35. The van der Waals surface area contributed by atoms with Crippen LogP contribution in [0.4, 0.5) is 0 Å². The topological polar surface area (TPSA) is 48.5 Å². The quantitative estimate of drug-likeness (QED) is 0.359. The van der Waals surface area contributed by atoms with Crippen molar-refractivity contribution in [3.63, 3.8) is 0 Å². The van der Waals surface area contributed by atoms with Gasteiger partial charge in [0.05, 0.1) is 16.9 Å². The van der Waals surface area contributed by atoms with Gasteiger partial charge in [-0.3, -0.25) is 4.57 Å². The molecule has 0 saturated carbocycles. The van der Waals surface area contributed by atoms with Gasteiger partial charge in [-0.15, -0.1) is 22.6 Å². The van der Waals surface area contributed by atoms with Gasteiger partial charge < -0.3 is 4.57 Å². The zero-order valence-corrected chi connectivity index (χ0v) is 16.7. The molecule has 1 aliphatic heterocycles. The third-order valence-corrected chi connectivity index (χ3v) is 5.41. The minimum absolute atomic E-state index is 0. The van der Waals surface area contributed by atoms with Crippen molar-refractivity contribution >= 4 is 34.9 Å². The average Bonchev–Trinajstić information content (AvgIpc) is 3.33. The molecule has 0 amide bonds. The van der Waals surface area contributed by atoms with Gasteiger partial charge >= 0.3 is 0 Å². The van der Waals surface area contributed by atoms with Crippen LogP contribution in [0.25, 0.3) is 39.6 Å². The smallest absolute Gasteiger partial charge is 0.187 e. The van der Waals surface area contributed by atoms with Crippen LogP contribution in [0, 0.1) is 0 Å². The number of fused-ring (bicyclic) bond motifs is 6. The number of aromatic nitrogens is 5. The Morgan fingerprint density at radius 2 is 1.72 bits per heavy atom. The van der Waals surface area contributed by atoms with E-state index in [1.807, 2.05) is 42.5 Å². The van der Waals surface area contributed by atoms with E-state index in [1.165, 1.54) is 0 Å². The Balaban J connectivity index is 0.00000181. The fourth-order valence-corrected chi connectivity index (χ4v) is 4.02. The molecule has 5 nitrogen and oxygen atoms in total. The Labute approximate surface area is 178 Å². The fraction of sp³-hybridized carbons (Fsp3) is 0.0455. The number of halogens is 2. The SMILES string of the molecule is Cl.Clc1ccc2c(c1)-n1c(-c3ccc4ccccc4n3)nnc1-c1cccn1C2. The normalized spacial score (nSPS) is 11.9. The van der Waals surface area contributed by atoms with Crippen molar-refractivity contribution in [1.82, 2.24) is 24.3 Å². The largest absolute Gasteiger partial charge is 0.340 e. The summed E-state index contributed by atoms with van der Waals surface area (Å²) in [6, 6.07) is 22.2. The van der Waals surface area contributed by atoms with E-state index in [-0.39, 0.29) is 12.4 Å². The van der Waals surface area contributed by atoms with E-state index in [1.54, 1.807) is 0 Å². The fourth-order valence-electron chi connectivity index (χ4n) is 3.85. The third kappa shape index (κ3) is 2.74. The molecule has 4 heterocycles. The molecular formula is C22H15Cl2N5. The van der Waals surface area contributed by atoms with Gasteiger partial charge in [0.15, 0.2) is 11.6 Å². The molecule has 0 fully saturated rings. The van der Waals surface area contributed by atoms with Crippen LogP contribution >= 0.6 is 24.0 Å². The molecule has 0 N–H and O–H groups in total. The Morgan fingerprint density at radius 1 is 0.862 bits per heavy atom. The van der Waals surface area contributed by atoms with Crippen molar-refractivity contribution in [3.05, 3.63) is 83.5 Å². The maximum Gasteiger partial charge on any atom is 0.187 e. The summed E-state index contributed by atoms with van der Waals surface area (Å²) >= 11 is 6.35. The summed E-state index contributed by atoms with van der Waals surface area (Å²) in [5, 5.41) is 10.8. The second-order valence-electron chi connectivity index (χ2n) is 6.87. The lowest BCUT2D eigenvalue weighted by Crippen LogP contribution is -2.03. The molecule has 0 aliphatic carbocycles. The van der Waals surface area contributed by atoms with Gasteiger partial charge in [-0.1, -0.05) is 41.9 Å². The van der Waals surface area contributed by atoms with Gasteiger partial charge in [0.2, 0.25) is 0 Å². The van der Waals surface area contributed by atoms with E-state index in [2.05, 4.69) is 49.8 Å². The molecule has 142 valence electrons. The summed E-state index contributed by atoms with van der Waals surface area (Å²) in [7, 11) is 0. The number of benzene rings is 2. The predicted molar refractivity (Wildman–Crippen MR) is 117 cm³/mol. The summed E-state index contributed by atoms with van der Waals surface area (Å²) in [4.78, 5) is 4.83. The van der Waals surface area contributed by atoms with E-state index in [0.29, 0.717) is 10.8 Å². The zero-order chi connectivity index (χ0) is 18.7. The molecule has 0 unspecified atom stereocenters. The minimum Gasteiger partial charge on any atom is -0.340 e. The van der Waals surface area contributed by atoms with Crippen molar-refractivity contribution in [1.29, 1.82) is 0 Å². The lowest BCUT2D eigenvalue weighted by molar-refractivity contribution is 0.816. The van der Waals surface area contributed by atoms with Crippen molar-refractivity contribution in [2.24, 2.45) is 0 Å². The molecule has 0 bridgehead atoms. The minimum atomic E-state index is 0. The molecule has 0 spiro atoms. The molecule has 2 aromatic carbocycles. The number of para-hydroxylation sites is 1. The first-order chi connectivity index (χ1) is 13.8. The lowest BCUT2D eigenvalue weighted by atomic mass is 10.1. The van der Waals surface area contributed by atoms with Crippen LogP contribution in [-0.4, -0.2) is 24.3 Å². The van der Waals surface area contributed by atoms with E-state index in [9.17, 15) is 0 Å². The highest BCUT2D eigenvalue weighted by Gasteiger charge is 2.25. The molecular weight excluding hydrogens is 405 g/mol. The molecule has 7 heteroatoms. The molecule has 5 aromatic rings. The molecule has 1 aliphatic rings. The summed E-state index contributed by atoms with van der Waals surface area (Å²) in [5.41, 5.74) is 4.87. The Morgan fingerprint density at radius 3 is 2.66 bits per heavy atom. The molecule has 6 rings (SSSR count). The third-order valence-electron chi connectivity index (χ3n) is 5.18. The highest BCUT2D eigenvalue weighted by molar-refractivity contribution is 6.30. The Hall–Kier alpha value is -3.15. The van der Waals surface area contributed by atoms with Crippen molar-refractivity contribution < 1.29 is 0 Å². The van der Waals surface area contributed by atoms with Crippen LogP contribution in [0.5, 0.6) is 0 Å². The second kappa shape index (κ2) is 6.72. The highest BCUT2D eigenvalue weighted by atomic mass is 35.5. The second-order valence-corrected chi connectivity index (χ2v) is 7.30. The molecule has 0 atom stereocenters. The molecule has 0 radical (unpaired) electrons. The van der Waals surface area contributed by atoms with Crippen LogP contribution in [0.1, 0.15) is 5.56 Å². The number of hydrogen-bond acceptors (Lipinski definition) is 3. The van der Waals surface area contributed by atoms with Crippen LogP contribution in [0.15, 0.2) is 72.9 Å². The van der Waals surface area contributed by atoms with Gasteiger partial charge in [-0.25, -0.2) is 4.98 Å². The number of hydrogen-bond donors (Lipinski definition) is 0. The van der Waals surface area contributed by atoms with E-state index in [0.717, 1.165) is 45.9 Å². The van der Waals surface area contributed by atoms with E-state index < -0.39 is 0 Å². The zero-order valence-electron chi connectivity index (χ0n) is 15.2. The number of nitrogens with zero attached hydrogens (tertiary/aromatic N) is 5. The van der Waals surface area contributed by atoms with Crippen LogP contribution < -0.4 is 0 Å². The van der Waals surface area contributed by atoms with Crippen molar-refractivity contribution in [2.45, 2.75) is 6.54 Å². The average molecular weight is 420 g/mol. The van der Waals surface area contributed by atoms with Crippen LogP contribution in [0.3, 0.4) is 0 Å². The van der Waals surface area contributed by atoms with Crippen molar-refractivity contribution in [2.75, 3.05) is 0 Å². The Kier molecular flexibility index (Phi) is 4.15. The van der Waals surface area contributed by atoms with Gasteiger partial charge in [0, 0.05) is 23.2 Å². The lowest BCUT2D eigenvalue weighted by Gasteiger charge is -2.12. The van der Waals surface area contributed by atoms with Crippen molar-refractivity contribution in [3.8, 4) is 28.7 Å². The maximum atomic E-state index is 6.35. The molecule has 29 heavy (non-hydrogen) atoms. The molecule has 3 aromatic heterocycles. The van der Waals surface area contributed by atoms with E-state index >= 15 is 0 Å². The first-order valence-electron chi connectivity index (χ1n) is 9.04. The number of pyridine rings is 1. The first-order valence-corrected chi connectivity index (χ1v) is 9.42. The summed E-state index contributed by atoms with van der Waals surface area (Å²) in [6.45, 7) is 0.753. The molecule has 0 saturated heterocycles. The highest BCUT2D eigenvalue weighted by Crippen LogP contribution is 2.34. The van der Waals surface area contributed by atoms with Gasteiger partial charge in [0.1, 0.15) is 5.69 Å². The summed E-state index contributed by atoms with van der Waals surface area (Å²) in [6.07, 6.45) is 2.06. The predicted octanol–water partition coefficient (Wildman–Crippen LogP) is 5.39. The van der Waals surface area contributed by atoms with Gasteiger partial charge in [0.25, 0.3) is 0 Å². The Bertz CT molecular complexity index is 1370. The monoisotopic (exact) mass is 419 g/mol. The standard InChI is InChI=1S/C22H14ClN5.ClH/c23-16-9-7-15-13-27-11-3-6-19(27)22-26-25-21(28(22)20(15)12-16)18-10-8-14-4-1-2-5-17(14)24-18;/h1-12H,13H2;1H.